The molecule has 1 N–H and O–H groups in total. The number of benzene rings is 2. The summed E-state index contributed by atoms with van der Waals surface area (Å²) in [7, 11) is 0. The summed E-state index contributed by atoms with van der Waals surface area (Å²) in [6.07, 6.45) is 0.352. The van der Waals surface area contributed by atoms with Gasteiger partial charge in [0.2, 0.25) is 5.91 Å². The normalized spacial score (nSPS) is 11.2. The molecule has 10 heteroatoms. The molecule has 132 valence electrons. The molecule has 26 heavy (non-hydrogen) atoms. The van der Waals surface area contributed by atoms with Gasteiger partial charge in [-0.2, -0.15) is 4.37 Å². The monoisotopic (exact) mass is 481 g/mol. The third kappa shape index (κ3) is 4.02. The van der Waals surface area contributed by atoms with Gasteiger partial charge in [-0.1, -0.05) is 6.92 Å². The van der Waals surface area contributed by atoms with E-state index in [1.54, 1.807) is 25.1 Å². The molecule has 1 amide bonds. The number of aromatic nitrogens is 1. The maximum absolute atomic E-state index is 11.7. The average molecular weight is 481 g/mol. The molecule has 0 unspecified atom stereocenters. The van der Waals surface area contributed by atoms with Gasteiger partial charge in [-0.15, -0.1) is 10.2 Å². The van der Waals surface area contributed by atoms with Crippen LogP contribution >= 0.6 is 34.1 Å². The van der Waals surface area contributed by atoms with Gasteiger partial charge in [0, 0.05) is 27.5 Å². The quantitative estimate of drug-likeness (QED) is 0.222. The number of fused-ring (bicyclic) bond motifs is 1. The number of nitro benzene ring substituents is 1. The Bertz CT molecular complexity index is 1030. The van der Waals surface area contributed by atoms with Crippen LogP contribution in [0.5, 0.6) is 0 Å². The Kier molecular flexibility index (Phi) is 5.52. The summed E-state index contributed by atoms with van der Waals surface area (Å²) >= 11 is 3.25. The van der Waals surface area contributed by atoms with Gasteiger partial charge < -0.3 is 5.32 Å². The number of nitrogens with one attached hydrogen (secondary N) is 1. The largest absolute Gasteiger partial charge is 0.324 e. The van der Waals surface area contributed by atoms with E-state index in [-0.39, 0.29) is 11.6 Å². The second kappa shape index (κ2) is 7.83. The summed E-state index contributed by atoms with van der Waals surface area (Å²) < 4.78 is 5.17. The SMILES string of the molecule is CCC(=O)Nc1cc(I)ccc1/N=N/c1snc2ccc([N+](=O)[O-])cc12. The van der Waals surface area contributed by atoms with E-state index in [9.17, 15) is 14.9 Å². The Morgan fingerprint density at radius 3 is 2.85 bits per heavy atom. The first-order chi connectivity index (χ1) is 12.5. The van der Waals surface area contributed by atoms with Gasteiger partial charge in [0.1, 0.15) is 5.69 Å². The van der Waals surface area contributed by atoms with Gasteiger partial charge in [-0.05, 0) is 58.4 Å². The lowest BCUT2D eigenvalue weighted by Crippen LogP contribution is -2.09. The zero-order chi connectivity index (χ0) is 18.7. The van der Waals surface area contributed by atoms with Crippen LogP contribution in [0.2, 0.25) is 0 Å². The highest BCUT2D eigenvalue weighted by Gasteiger charge is 2.12. The number of anilines is 1. The predicted octanol–water partition coefficient (Wildman–Crippen LogP) is 5.57. The molecule has 8 nitrogen and oxygen atoms in total. The molecule has 3 aromatic rings. The molecule has 0 aliphatic heterocycles. The number of nitrogens with zero attached hydrogens (tertiary/aromatic N) is 4. The maximum atomic E-state index is 11.7. The van der Waals surface area contributed by atoms with Crippen molar-refractivity contribution in [1.82, 2.24) is 4.37 Å². The number of non-ortho nitro benzene ring substituents is 1. The number of hydrogen-bond acceptors (Lipinski definition) is 7. The summed E-state index contributed by atoms with van der Waals surface area (Å²) in [6, 6.07) is 9.83. The first-order valence-corrected chi connectivity index (χ1v) is 9.38. The number of rotatable bonds is 5. The maximum Gasteiger partial charge on any atom is 0.270 e. The van der Waals surface area contributed by atoms with Crippen molar-refractivity contribution in [2.75, 3.05) is 5.32 Å². The highest BCUT2D eigenvalue weighted by molar-refractivity contribution is 14.1. The molecule has 0 spiro atoms. The second-order valence-electron chi connectivity index (χ2n) is 5.21. The van der Waals surface area contributed by atoms with E-state index in [4.69, 9.17) is 0 Å². The van der Waals surface area contributed by atoms with Gasteiger partial charge in [0.25, 0.3) is 5.69 Å². The van der Waals surface area contributed by atoms with Crippen molar-refractivity contribution in [3.05, 3.63) is 50.1 Å². The lowest BCUT2D eigenvalue weighted by atomic mass is 10.2. The van der Waals surface area contributed by atoms with E-state index < -0.39 is 4.92 Å². The Morgan fingerprint density at radius 1 is 1.31 bits per heavy atom. The number of nitro groups is 1. The van der Waals surface area contributed by atoms with Crippen LogP contribution in [0.4, 0.5) is 22.1 Å². The predicted molar refractivity (Wildman–Crippen MR) is 109 cm³/mol. The summed E-state index contributed by atoms with van der Waals surface area (Å²) in [5, 5.41) is 23.2. The average Bonchev–Trinajstić information content (AvgIpc) is 3.03. The van der Waals surface area contributed by atoms with E-state index in [2.05, 4.69) is 42.5 Å². The molecule has 0 aliphatic carbocycles. The Balaban J connectivity index is 1.97. The van der Waals surface area contributed by atoms with E-state index >= 15 is 0 Å². The number of carbonyl (C=O) groups excluding carboxylic acids is 1. The first-order valence-electron chi connectivity index (χ1n) is 7.53. The number of carbonyl (C=O) groups is 1. The van der Waals surface area contributed by atoms with Gasteiger partial charge in [0.15, 0.2) is 5.00 Å². The number of hydrogen-bond donors (Lipinski definition) is 1. The van der Waals surface area contributed by atoms with Crippen LogP contribution in [0.1, 0.15) is 13.3 Å². The molecule has 0 aliphatic rings. The molecule has 0 radical (unpaired) electrons. The zero-order valence-electron chi connectivity index (χ0n) is 13.5. The van der Waals surface area contributed by atoms with Crippen molar-refractivity contribution >= 4 is 73.0 Å². The van der Waals surface area contributed by atoms with Crippen LogP contribution in [0, 0.1) is 13.7 Å². The Hall–Kier alpha value is -2.47. The fourth-order valence-corrected chi connectivity index (χ4v) is 3.31. The highest BCUT2D eigenvalue weighted by Crippen LogP contribution is 2.35. The number of halogens is 1. The fourth-order valence-electron chi connectivity index (χ4n) is 2.14. The second-order valence-corrected chi connectivity index (χ2v) is 7.21. The Morgan fingerprint density at radius 2 is 2.12 bits per heavy atom. The summed E-state index contributed by atoms with van der Waals surface area (Å²) in [5.41, 5.74) is 1.66. The highest BCUT2D eigenvalue weighted by atomic mass is 127. The van der Waals surface area contributed by atoms with Gasteiger partial charge in [0.05, 0.1) is 16.1 Å². The molecule has 3 rings (SSSR count). The van der Waals surface area contributed by atoms with Crippen LogP contribution in [0.3, 0.4) is 0 Å². The van der Waals surface area contributed by atoms with Crippen LogP contribution < -0.4 is 5.32 Å². The molecule has 0 bridgehead atoms. The van der Waals surface area contributed by atoms with Crippen LogP contribution in [-0.4, -0.2) is 15.2 Å². The fraction of sp³-hybridized carbons (Fsp3) is 0.125. The zero-order valence-corrected chi connectivity index (χ0v) is 16.4. The van der Waals surface area contributed by atoms with Crippen molar-refractivity contribution in [1.29, 1.82) is 0 Å². The Labute approximate surface area is 165 Å². The molecule has 0 saturated heterocycles. The molecule has 0 atom stereocenters. The minimum Gasteiger partial charge on any atom is -0.324 e. The van der Waals surface area contributed by atoms with Gasteiger partial charge in [-0.25, -0.2) is 0 Å². The van der Waals surface area contributed by atoms with E-state index in [1.807, 2.05) is 6.07 Å². The van der Waals surface area contributed by atoms with Gasteiger partial charge >= 0.3 is 0 Å². The molecular formula is C16H12IN5O3S. The van der Waals surface area contributed by atoms with Crippen LogP contribution in [0.15, 0.2) is 46.6 Å². The lowest BCUT2D eigenvalue weighted by Gasteiger charge is -2.06. The van der Waals surface area contributed by atoms with Crippen molar-refractivity contribution in [3.63, 3.8) is 0 Å². The third-order valence-electron chi connectivity index (χ3n) is 3.45. The molecular weight excluding hydrogens is 469 g/mol. The van der Waals surface area contributed by atoms with Gasteiger partial charge in [-0.3, -0.25) is 14.9 Å². The molecule has 2 aromatic carbocycles. The van der Waals surface area contributed by atoms with E-state index in [0.717, 1.165) is 15.1 Å². The van der Waals surface area contributed by atoms with Crippen molar-refractivity contribution in [3.8, 4) is 0 Å². The lowest BCUT2D eigenvalue weighted by molar-refractivity contribution is -0.384. The summed E-state index contributed by atoms with van der Waals surface area (Å²) in [6.45, 7) is 1.76. The molecule has 0 fully saturated rings. The van der Waals surface area contributed by atoms with Crippen LogP contribution in [-0.2, 0) is 4.79 Å². The first kappa shape index (κ1) is 18.3. The molecule has 1 heterocycles. The molecule has 0 saturated carbocycles. The van der Waals surface area contributed by atoms with Crippen molar-refractivity contribution in [2.24, 2.45) is 10.2 Å². The molecule has 1 aromatic heterocycles. The minimum absolute atomic E-state index is 0.0284. The third-order valence-corrected chi connectivity index (χ3v) is 4.89. The topological polar surface area (TPSA) is 110 Å². The van der Waals surface area contributed by atoms with Crippen LogP contribution in [0.25, 0.3) is 10.9 Å². The van der Waals surface area contributed by atoms with Crippen molar-refractivity contribution < 1.29 is 9.72 Å². The van der Waals surface area contributed by atoms with E-state index in [1.165, 1.54) is 12.1 Å². The smallest absolute Gasteiger partial charge is 0.270 e. The standard InChI is InChI=1S/C16H12IN5O3S/c1-2-15(23)18-14-7-9(17)3-5-13(14)19-20-16-11-8-10(22(24)25)4-6-12(11)21-26-16/h3-8H,2H2,1H3,(H,18,23)/b20-19+. The summed E-state index contributed by atoms with van der Waals surface area (Å²) in [4.78, 5) is 22.2. The van der Waals surface area contributed by atoms with Crippen molar-refractivity contribution in [2.45, 2.75) is 13.3 Å². The number of amides is 1. The minimum atomic E-state index is -0.463. The number of azo groups is 1. The summed E-state index contributed by atoms with van der Waals surface area (Å²) in [5.74, 6) is -0.123. The van der Waals surface area contributed by atoms with E-state index in [0.29, 0.717) is 33.7 Å².